The van der Waals surface area contributed by atoms with Gasteiger partial charge >= 0.3 is 17.9 Å². The van der Waals surface area contributed by atoms with Gasteiger partial charge in [-0.05, 0) is 51.4 Å². The second kappa shape index (κ2) is 50.5. The molecule has 0 aromatic carbocycles. The molecule has 6 nitrogen and oxygen atoms in total. The zero-order chi connectivity index (χ0) is 44.4. The fourth-order valence-corrected chi connectivity index (χ4v) is 7.89. The molecule has 0 heterocycles. The molecule has 0 aliphatic carbocycles. The minimum atomic E-state index is -0.766. The van der Waals surface area contributed by atoms with E-state index in [0.29, 0.717) is 19.3 Å². The Morgan fingerprint density at radius 3 is 0.934 bits per heavy atom. The molecule has 6 heteroatoms. The van der Waals surface area contributed by atoms with Gasteiger partial charge in [0, 0.05) is 19.3 Å². The lowest BCUT2D eigenvalue weighted by molar-refractivity contribution is -0.167. The van der Waals surface area contributed by atoms with Gasteiger partial charge in [0.25, 0.3) is 0 Å². The summed E-state index contributed by atoms with van der Waals surface area (Å²) in [6.07, 6.45) is 57.3. The zero-order valence-electron chi connectivity index (χ0n) is 40.9. The number of unbranched alkanes of at least 4 members (excludes halogenated alkanes) is 34. The highest BCUT2D eigenvalue weighted by atomic mass is 16.6. The van der Waals surface area contributed by atoms with Crippen LogP contribution in [-0.2, 0) is 28.6 Å². The van der Waals surface area contributed by atoms with Gasteiger partial charge in [0.1, 0.15) is 13.2 Å². The van der Waals surface area contributed by atoms with Crippen molar-refractivity contribution in [2.75, 3.05) is 13.2 Å². The van der Waals surface area contributed by atoms with Crippen molar-refractivity contribution in [3.05, 3.63) is 24.3 Å². The highest BCUT2D eigenvalue weighted by molar-refractivity contribution is 5.71. The predicted octanol–water partition coefficient (Wildman–Crippen LogP) is 17.5. The average molecular weight is 859 g/mol. The number of hydrogen-bond donors (Lipinski definition) is 0. The number of ether oxygens (including phenoxy) is 3. The molecule has 0 aliphatic rings. The highest BCUT2D eigenvalue weighted by Crippen LogP contribution is 2.16. The van der Waals surface area contributed by atoms with Crippen molar-refractivity contribution in [3.8, 4) is 0 Å². The molecule has 0 rings (SSSR count). The van der Waals surface area contributed by atoms with Crippen LogP contribution in [0.15, 0.2) is 24.3 Å². The molecule has 0 N–H and O–H groups in total. The summed E-state index contributed by atoms with van der Waals surface area (Å²) in [5, 5.41) is 0. The smallest absolute Gasteiger partial charge is 0.306 e. The number of esters is 3. The molecule has 61 heavy (non-hydrogen) atoms. The molecule has 0 saturated heterocycles. The molecular formula is C55H102O6. The van der Waals surface area contributed by atoms with E-state index in [2.05, 4.69) is 45.1 Å². The molecule has 0 bridgehead atoms. The van der Waals surface area contributed by atoms with Crippen molar-refractivity contribution in [1.29, 1.82) is 0 Å². The van der Waals surface area contributed by atoms with Gasteiger partial charge in [0.05, 0.1) is 0 Å². The number of carbonyl (C=O) groups excluding carboxylic acids is 3. The van der Waals surface area contributed by atoms with Crippen LogP contribution in [0.25, 0.3) is 0 Å². The van der Waals surface area contributed by atoms with E-state index in [0.717, 1.165) is 64.2 Å². The van der Waals surface area contributed by atoms with Gasteiger partial charge in [0.15, 0.2) is 6.10 Å². The Morgan fingerprint density at radius 1 is 0.328 bits per heavy atom. The number of carbonyl (C=O) groups is 3. The van der Waals surface area contributed by atoms with Crippen molar-refractivity contribution >= 4 is 17.9 Å². The molecule has 0 spiro atoms. The average Bonchev–Trinajstić information content (AvgIpc) is 3.26. The molecule has 0 unspecified atom stereocenters. The lowest BCUT2D eigenvalue weighted by Crippen LogP contribution is -2.30. The highest BCUT2D eigenvalue weighted by Gasteiger charge is 2.19. The van der Waals surface area contributed by atoms with Gasteiger partial charge in [-0.1, -0.05) is 244 Å². The second-order valence-corrected chi connectivity index (χ2v) is 18.2. The maximum absolute atomic E-state index is 12.8. The van der Waals surface area contributed by atoms with Crippen LogP contribution < -0.4 is 0 Å². The molecule has 0 fully saturated rings. The standard InChI is InChI=1S/C55H102O6/c1-4-7-10-13-16-19-22-24-25-26-27-28-29-31-33-36-39-42-45-48-54(57)60-51-52(50-59-53(56)47-44-41-38-35-32-21-18-15-12-9-6-3)61-55(58)49-46-43-40-37-34-30-23-20-17-14-11-8-5-2/h16,19,24-25,52H,4-15,17-18,20-23,26-51H2,1-3H3/b19-16-,25-24-/t52-/m0/s1. The van der Waals surface area contributed by atoms with Crippen LogP contribution >= 0.6 is 0 Å². The van der Waals surface area contributed by atoms with E-state index in [1.807, 2.05) is 0 Å². The normalized spacial score (nSPS) is 12.1. The summed E-state index contributed by atoms with van der Waals surface area (Å²) in [6.45, 7) is 6.63. The topological polar surface area (TPSA) is 78.9 Å². The summed E-state index contributed by atoms with van der Waals surface area (Å²) in [4.78, 5) is 38.0. The molecule has 0 aromatic heterocycles. The Labute approximate surface area is 379 Å². The van der Waals surface area contributed by atoms with E-state index in [-0.39, 0.29) is 31.1 Å². The van der Waals surface area contributed by atoms with E-state index in [1.54, 1.807) is 0 Å². The number of allylic oxidation sites excluding steroid dienone is 4. The third-order valence-corrected chi connectivity index (χ3v) is 12.0. The zero-order valence-corrected chi connectivity index (χ0v) is 40.9. The van der Waals surface area contributed by atoms with Crippen LogP contribution in [0, 0.1) is 0 Å². The molecule has 0 aromatic rings. The predicted molar refractivity (Wildman–Crippen MR) is 261 cm³/mol. The first-order chi connectivity index (χ1) is 30.0. The summed E-state index contributed by atoms with van der Waals surface area (Å²) in [5.74, 6) is -0.857. The van der Waals surface area contributed by atoms with Crippen LogP contribution in [0.4, 0.5) is 0 Å². The fourth-order valence-electron chi connectivity index (χ4n) is 7.89. The Kier molecular flexibility index (Phi) is 48.8. The quantitative estimate of drug-likeness (QED) is 0.0262. The van der Waals surface area contributed by atoms with Crippen molar-refractivity contribution in [1.82, 2.24) is 0 Å². The molecule has 0 radical (unpaired) electrons. The van der Waals surface area contributed by atoms with E-state index in [9.17, 15) is 14.4 Å². The maximum atomic E-state index is 12.8. The van der Waals surface area contributed by atoms with Crippen molar-refractivity contribution in [3.63, 3.8) is 0 Å². The second-order valence-electron chi connectivity index (χ2n) is 18.2. The van der Waals surface area contributed by atoms with Crippen molar-refractivity contribution in [2.45, 2.75) is 297 Å². The van der Waals surface area contributed by atoms with E-state index < -0.39 is 6.10 Å². The van der Waals surface area contributed by atoms with Gasteiger partial charge in [-0.2, -0.15) is 0 Å². The van der Waals surface area contributed by atoms with Gasteiger partial charge in [0.2, 0.25) is 0 Å². The van der Waals surface area contributed by atoms with Crippen LogP contribution in [0.5, 0.6) is 0 Å². The first-order valence-corrected chi connectivity index (χ1v) is 26.8. The molecule has 358 valence electrons. The minimum absolute atomic E-state index is 0.0674. The molecule has 1 atom stereocenters. The summed E-state index contributed by atoms with van der Waals surface area (Å²) in [5.41, 5.74) is 0. The number of hydrogen-bond acceptors (Lipinski definition) is 6. The Morgan fingerprint density at radius 2 is 0.590 bits per heavy atom. The SMILES string of the molecule is CCCCC/C=C\C/C=C\CCCCCCCCCCCC(=O)OC[C@H](COC(=O)CCCCCCCCCCCCC)OC(=O)CCCCCCCCCCCCCCC. The van der Waals surface area contributed by atoms with Crippen LogP contribution in [0.1, 0.15) is 290 Å². The van der Waals surface area contributed by atoms with Crippen LogP contribution in [0.2, 0.25) is 0 Å². The largest absolute Gasteiger partial charge is 0.462 e. The van der Waals surface area contributed by atoms with Gasteiger partial charge < -0.3 is 14.2 Å². The lowest BCUT2D eigenvalue weighted by Gasteiger charge is -2.18. The minimum Gasteiger partial charge on any atom is -0.462 e. The van der Waals surface area contributed by atoms with Crippen molar-refractivity contribution < 1.29 is 28.6 Å². The number of rotatable bonds is 49. The summed E-state index contributed by atoms with van der Waals surface area (Å²) < 4.78 is 16.8. The Hall–Kier alpha value is -2.11. The molecule has 0 saturated carbocycles. The Bertz CT molecular complexity index is 989. The van der Waals surface area contributed by atoms with Gasteiger partial charge in [-0.15, -0.1) is 0 Å². The van der Waals surface area contributed by atoms with Crippen molar-refractivity contribution in [2.24, 2.45) is 0 Å². The van der Waals surface area contributed by atoms with E-state index in [1.165, 1.54) is 186 Å². The third kappa shape index (κ3) is 48.8. The third-order valence-electron chi connectivity index (χ3n) is 12.0. The van der Waals surface area contributed by atoms with Gasteiger partial charge in [-0.25, -0.2) is 0 Å². The fraction of sp³-hybridized carbons (Fsp3) is 0.873. The molecular weight excluding hydrogens is 757 g/mol. The van der Waals surface area contributed by atoms with Crippen LogP contribution in [0.3, 0.4) is 0 Å². The Balaban J connectivity index is 4.29. The molecule has 0 aliphatic heterocycles. The van der Waals surface area contributed by atoms with Gasteiger partial charge in [-0.3, -0.25) is 14.4 Å². The summed E-state index contributed by atoms with van der Waals surface area (Å²) in [6, 6.07) is 0. The maximum Gasteiger partial charge on any atom is 0.306 e. The first kappa shape index (κ1) is 58.9. The van der Waals surface area contributed by atoms with E-state index in [4.69, 9.17) is 14.2 Å². The first-order valence-electron chi connectivity index (χ1n) is 26.8. The lowest BCUT2D eigenvalue weighted by atomic mass is 10.0. The summed E-state index contributed by atoms with van der Waals surface area (Å²) in [7, 11) is 0. The van der Waals surface area contributed by atoms with E-state index >= 15 is 0 Å². The van der Waals surface area contributed by atoms with Crippen LogP contribution in [-0.4, -0.2) is 37.2 Å². The molecule has 0 amide bonds. The monoisotopic (exact) mass is 859 g/mol. The summed E-state index contributed by atoms with van der Waals surface area (Å²) >= 11 is 0.